The predicted octanol–water partition coefficient (Wildman–Crippen LogP) is 9.27. The fraction of sp³-hybridized carbons (Fsp3) is 0.294. The average Bonchev–Trinajstić information content (AvgIpc) is 3.40. The molecule has 6 rings (SSSR count). The molecule has 0 radical (unpaired) electrons. The number of hydrogen-bond donors (Lipinski definition) is 0. The molecule has 2 heterocycles. The van der Waals surface area contributed by atoms with Crippen molar-refractivity contribution >= 4 is 27.6 Å². The van der Waals surface area contributed by atoms with E-state index in [0.717, 1.165) is 24.8 Å². The zero-order chi connectivity index (χ0) is 34.3. The van der Waals surface area contributed by atoms with Crippen LogP contribution in [0.15, 0.2) is 64.9 Å². The maximum Gasteiger partial charge on any atom is 0.216 e. The van der Waals surface area contributed by atoms with Crippen molar-refractivity contribution in [3.05, 3.63) is 94.3 Å². The Morgan fingerprint density at radius 2 is 1.70 bits per heavy atom. The molecular weight excluding hydrogens is 452 g/mol. The van der Waals surface area contributed by atoms with Gasteiger partial charge < -0.3 is 4.42 Å². The number of hydrogen-bond acceptors (Lipinski definition) is 1. The lowest BCUT2D eigenvalue weighted by Crippen LogP contribution is -2.36. The number of rotatable bonds is 3. The average molecular weight is 496 g/mol. The summed E-state index contributed by atoms with van der Waals surface area (Å²) in [5.41, 5.74) is 2.78. The lowest BCUT2D eigenvalue weighted by atomic mass is 9.81. The van der Waals surface area contributed by atoms with Crippen LogP contribution in [0.1, 0.15) is 74.1 Å². The summed E-state index contributed by atoms with van der Waals surface area (Å²) in [5.74, 6) is -1.25. The maximum absolute atomic E-state index is 9.59. The second-order valence-corrected chi connectivity index (χ2v) is 9.72. The van der Waals surface area contributed by atoms with Gasteiger partial charge in [0.1, 0.15) is 18.2 Å². The van der Waals surface area contributed by atoms with E-state index in [0.29, 0.717) is 46.1 Å². The first-order valence-corrected chi connectivity index (χ1v) is 12.5. The van der Waals surface area contributed by atoms with E-state index >= 15 is 0 Å². The molecule has 2 aromatic heterocycles. The van der Waals surface area contributed by atoms with Crippen LogP contribution in [0.2, 0.25) is 0 Å². The van der Waals surface area contributed by atoms with E-state index in [4.69, 9.17) is 22.0 Å². The molecule has 37 heavy (non-hydrogen) atoms. The monoisotopic (exact) mass is 495 g/mol. The van der Waals surface area contributed by atoms with Crippen LogP contribution in [0.4, 0.5) is 5.69 Å². The van der Waals surface area contributed by atoms with Crippen LogP contribution < -0.4 is 4.57 Å². The minimum absolute atomic E-state index is 0.0326. The van der Waals surface area contributed by atoms with Crippen molar-refractivity contribution in [2.45, 2.75) is 58.7 Å². The summed E-state index contributed by atoms with van der Waals surface area (Å²) in [6, 6.07) is 4.36. The zero-order valence-corrected chi connectivity index (χ0v) is 21.1. The maximum atomic E-state index is 9.59. The SMILES string of the molecule is [2H]c1c([2H])c([2H])c(-c2c([N+]#[C-])ccc3c2oc2c(-c4c([2H])c(C5([2H])CCCCC5)c(C([2H])([2H])[2H])c(C)[n+]4C)c(C)ccc23)c([2H])c1[2H]. The summed E-state index contributed by atoms with van der Waals surface area (Å²) < 4.78 is 94.5. The highest BCUT2D eigenvalue weighted by Crippen LogP contribution is 2.45. The van der Waals surface area contributed by atoms with Crippen LogP contribution >= 0.6 is 0 Å². The Bertz CT molecular complexity index is 2160. The van der Waals surface area contributed by atoms with Crippen LogP contribution in [-0.4, -0.2) is 0 Å². The number of benzene rings is 3. The highest BCUT2D eigenvalue weighted by atomic mass is 16.3. The van der Waals surface area contributed by atoms with Gasteiger partial charge in [0.05, 0.1) is 20.4 Å². The number of aryl methyl sites for hydroxylation is 1. The van der Waals surface area contributed by atoms with Crippen LogP contribution in [0.5, 0.6) is 0 Å². The lowest BCUT2D eigenvalue weighted by Gasteiger charge is -2.24. The van der Waals surface area contributed by atoms with Crippen molar-refractivity contribution in [2.75, 3.05) is 0 Å². The molecule has 1 aliphatic rings. The molecule has 0 bridgehead atoms. The van der Waals surface area contributed by atoms with Crippen LogP contribution in [0, 0.1) is 27.3 Å². The van der Waals surface area contributed by atoms with E-state index in [9.17, 15) is 2.74 Å². The summed E-state index contributed by atoms with van der Waals surface area (Å²) in [5, 5.41) is 1.16. The summed E-state index contributed by atoms with van der Waals surface area (Å²) in [7, 11) is 1.70. The van der Waals surface area contributed by atoms with Crippen molar-refractivity contribution in [1.82, 2.24) is 0 Å². The summed E-state index contributed by atoms with van der Waals surface area (Å²) in [6.45, 7) is 8.88. The standard InChI is InChI=1S/C34H33N2O/c1-21-16-17-26-27-18-19-29(35-4)32(25-14-10-7-11-15-25)34(27)37-33(26)31(21)30-20-28(22(2)23(3)36(30)5)24-12-8-6-9-13-24/h7,10-11,14-20,24H,6,8-9,12-13H2,1-3,5H3/q+1/i2D3,7D,10D,11D,14D,15D,20D,24D. The third-order valence-corrected chi connectivity index (χ3v) is 7.61. The first-order chi connectivity index (χ1) is 22.0. The molecule has 0 spiro atoms. The van der Waals surface area contributed by atoms with E-state index in [1.54, 1.807) is 24.6 Å². The van der Waals surface area contributed by atoms with Crippen molar-refractivity contribution in [2.24, 2.45) is 7.05 Å². The van der Waals surface area contributed by atoms with Gasteiger partial charge in [-0.1, -0.05) is 73.7 Å². The molecule has 1 aliphatic carbocycles. The third kappa shape index (κ3) is 3.75. The molecule has 1 fully saturated rings. The molecule has 0 saturated heterocycles. The molecule has 0 N–H and O–H groups in total. The number of pyridine rings is 1. The van der Waals surface area contributed by atoms with Gasteiger partial charge in [0.2, 0.25) is 5.69 Å². The number of aromatic nitrogens is 1. The van der Waals surface area contributed by atoms with Gasteiger partial charge in [-0.3, -0.25) is 0 Å². The number of nitrogens with zero attached hydrogens (tertiary/aromatic N) is 2. The van der Waals surface area contributed by atoms with Crippen molar-refractivity contribution < 1.29 is 22.7 Å². The van der Waals surface area contributed by atoms with Gasteiger partial charge in [-0.15, -0.1) is 0 Å². The normalized spacial score (nSPS) is 19.4. The summed E-state index contributed by atoms with van der Waals surface area (Å²) in [6.07, 6.45) is 3.37. The molecule has 0 aliphatic heterocycles. The Balaban J connectivity index is 1.77. The van der Waals surface area contributed by atoms with Crippen molar-refractivity contribution in [3.63, 3.8) is 0 Å². The minimum Gasteiger partial charge on any atom is -0.456 e. The van der Waals surface area contributed by atoms with E-state index in [1.165, 1.54) is 6.07 Å². The Kier molecular flexibility index (Phi) is 3.66. The Morgan fingerprint density at radius 1 is 1.00 bits per heavy atom. The summed E-state index contributed by atoms with van der Waals surface area (Å²) >= 11 is 0. The number of fused-ring (bicyclic) bond motifs is 3. The topological polar surface area (TPSA) is 21.4 Å². The molecule has 3 nitrogen and oxygen atoms in total. The fourth-order valence-electron chi connectivity index (χ4n) is 5.50. The Morgan fingerprint density at radius 3 is 2.41 bits per heavy atom. The minimum atomic E-state index is -2.55. The summed E-state index contributed by atoms with van der Waals surface area (Å²) in [4.78, 5) is 3.62. The van der Waals surface area contributed by atoms with Gasteiger partial charge >= 0.3 is 0 Å². The van der Waals surface area contributed by atoms with E-state index in [1.807, 2.05) is 19.1 Å². The van der Waals surface area contributed by atoms with Crippen LogP contribution in [-0.2, 0) is 7.05 Å². The molecule has 0 atom stereocenters. The molecule has 1 saturated carbocycles. The first-order valence-electron chi connectivity index (χ1n) is 17.5. The second kappa shape index (κ2) is 9.20. The molecule has 184 valence electrons. The van der Waals surface area contributed by atoms with Gasteiger partial charge in [0.15, 0.2) is 11.4 Å². The predicted molar refractivity (Wildman–Crippen MR) is 152 cm³/mol. The van der Waals surface area contributed by atoms with Gasteiger partial charge in [-0.25, -0.2) is 4.85 Å². The van der Waals surface area contributed by atoms with E-state index in [-0.39, 0.29) is 39.6 Å². The lowest BCUT2D eigenvalue weighted by molar-refractivity contribution is -0.667. The molecule has 5 aromatic rings. The Hall–Kier alpha value is -3.90. The van der Waals surface area contributed by atoms with Crippen molar-refractivity contribution in [3.8, 4) is 22.4 Å². The first kappa shape index (κ1) is 14.7. The largest absolute Gasteiger partial charge is 0.456 e. The smallest absolute Gasteiger partial charge is 0.216 e. The quantitative estimate of drug-likeness (QED) is 0.180. The molecular formula is C34H33N2O+. The highest BCUT2D eigenvalue weighted by molar-refractivity contribution is 6.15. The van der Waals surface area contributed by atoms with Gasteiger partial charge in [0, 0.05) is 40.3 Å². The molecule has 0 amide bonds. The second-order valence-electron chi connectivity index (χ2n) is 9.72. The van der Waals surface area contributed by atoms with Crippen molar-refractivity contribution in [1.29, 1.82) is 0 Å². The highest BCUT2D eigenvalue weighted by Gasteiger charge is 2.28. The Labute approximate surface area is 233 Å². The third-order valence-electron chi connectivity index (χ3n) is 7.61. The fourth-order valence-corrected chi connectivity index (χ4v) is 5.50. The van der Waals surface area contributed by atoms with Crippen LogP contribution in [0.3, 0.4) is 0 Å². The number of furan rings is 1. The molecule has 3 heteroatoms. The zero-order valence-electron chi connectivity index (χ0n) is 31.1. The van der Waals surface area contributed by atoms with Gasteiger partial charge in [-0.2, -0.15) is 4.57 Å². The van der Waals surface area contributed by atoms with Gasteiger partial charge in [-0.05, 0) is 49.2 Å². The van der Waals surface area contributed by atoms with Crippen LogP contribution in [0.25, 0.3) is 49.2 Å². The molecule has 0 unspecified atom stereocenters. The van der Waals surface area contributed by atoms with Gasteiger partial charge in [0.25, 0.3) is 0 Å². The molecule has 3 aromatic carbocycles. The van der Waals surface area contributed by atoms with E-state index in [2.05, 4.69) is 4.85 Å². The van der Waals surface area contributed by atoms with E-state index < -0.39 is 43.0 Å².